The van der Waals surface area contributed by atoms with Crippen LogP contribution in [0.4, 0.5) is 0 Å². The van der Waals surface area contributed by atoms with E-state index in [2.05, 4.69) is 38.2 Å². The van der Waals surface area contributed by atoms with Gasteiger partial charge in [0.2, 0.25) is 0 Å². The summed E-state index contributed by atoms with van der Waals surface area (Å²) in [4.78, 5) is 23.7. The summed E-state index contributed by atoms with van der Waals surface area (Å²) in [6.45, 7) is 4.85. The Hall–Kier alpha value is -1.58. The van der Waals surface area contributed by atoms with Gasteiger partial charge in [0.25, 0.3) is 0 Å². The van der Waals surface area contributed by atoms with Crippen molar-refractivity contribution < 1.29 is 19.1 Å². The van der Waals surface area contributed by atoms with Crippen LogP contribution in [-0.4, -0.2) is 25.2 Å². The maximum absolute atomic E-state index is 11.9. The molecule has 0 rings (SSSR count). The molecule has 0 aliphatic heterocycles. The molecule has 0 aromatic carbocycles. The lowest BCUT2D eigenvalue weighted by Crippen LogP contribution is -2.13. The van der Waals surface area contributed by atoms with E-state index in [1.807, 2.05) is 0 Å². The van der Waals surface area contributed by atoms with Crippen LogP contribution in [0.3, 0.4) is 0 Å². The number of unbranched alkanes of at least 4 members (excludes halogenated alkanes) is 22. The van der Waals surface area contributed by atoms with Crippen molar-refractivity contribution in [1.29, 1.82) is 0 Å². The van der Waals surface area contributed by atoms with Crippen molar-refractivity contribution in [2.75, 3.05) is 13.2 Å². The summed E-state index contributed by atoms with van der Waals surface area (Å²) in [6.07, 6.45) is 42.7. The van der Waals surface area contributed by atoms with E-state index in [-0.39, 0.29) is 25.2 Å². The third kappa shape index (κ3) is 34.6. The van der Waals surface area contributed by atoms with Gasteiger partial charge in [0.05, 0.1) is 0 Å². The van der Waals surface area contributed by atoms with Crippen LogP contribution in [0.25, 0.3) is 0 Å². The van der Waals surface area contributed by atoms with E-state index >= 15 is 0 Å². The summed E-state index contributed by atoms with van der Waals surface area (Å²) in [6, 6.07) is 0. The SMILES string of the molecule is CCCCCCCCCCC/C=C\CCCCC(=O)OCCOC(=O)CCCC/C=C\CCCCCCCCCCC. The number of ether oxygens (including phenoxy) is 2. The molecule has 0 aromatic heterocycles. The zero-order chi connectivity index (χ0) is 30.6. The van der Waals surface area contributed by atoms with Crippen LogP contribution < -0.4 is 0 Å². The van der Waals surface area contributed by atoms with Gasteiger partial charge in [-0.1, -0.05) is 141 Å². The third-order valence-electron chi connectivity index (χ3n) is 7.89. The lowest BCUT2D eigenvalue weighted by atomic mass is 10.1. The standard InChI is InChI=1S/C38H70O4/c1-3-5-7-9-11-13-15-17-19-21-23-25-27-29-31-33-37(39)41-35-36-42-38(40)34-32-30-28-26-24-22-20-18-16-14-12-10-8-6-4-2/h23-26H,3-22,27-36H2,1-2H3/b25-23-,26-24-. The average Bonchev–Trinajstić information content (AvgIpc) is 2.99. The predicted octanol–water partition coefficient (Wildman–Crippen LogP) is 12.1. The fourth-order valence-corrected chi connectivity index (χ4v) is 5.14. The Bertz CT molecular complexity index is 571. The van der Waals surface area contributed by atoms with Gasteiger partial charge >= 0.3 is 11.9 Å². The highest BCUT2D eigenvalue weighted by Crippen LogP contribution is 2.12. The second-order valence-corrected chi connectivity index (χ2v) is 12.1. The Morgan fingerprint density at radius 1 is 0.381 bits per heavy atom. The smallest absolute Gasteiger partial charge is 0.305 e. The molecule has 0 bridgehead atoms. The van der Waals surface area contributed by atoms with Crippen molar-refractivity contribution in [3.05, 3.63) is 24.3 Å². The molecule has 0 amide bonds. The maximum Gasteiger partial charge on any atom is 0.305 e. The Morgan fingerprint density at radius 3 is 0.952 bits per heavy atom. The number of carbonyl (C=O) groups excluding carboxylic acids is 2. The molecular weight excluding hydrogens is 520 g/mol. The molecule has 0 saturated carbocycles. The topological polar surface area (TPSA) is 52.6 Å². The Morgan fingerprint density at radius 2 is 0.643 bits per heavy atom. The van der Waals surface area contributed by atoms with Gasteiger partial charge in [-0.2, -0.15) is 0 Å². The van der Waals surface area contributed by atoms with Crippen LogP contribution >= 0.6 is 0 Å². The van der Waals surface area contributed by atoms with Gasteiger partial charge in [-0.15, -0.1) is 0 Å². The molecule has 0 aromatic rings. The molecule has 0 aliphatic rings. The lowest BCUT2D eigenvalue weighted by molar-refractivity contribution is -0.152. The van der Waals surface area contributed by atoms with Gasteiger partial charge in [0, 0.05) is 12.8 Å². The normalized spacial score (nSPS) is 11.6. The van der Waals surface area contributed by atoms with Gasteiger partial charge in [-0.25, -0.2) is 0 Å². The first-order valence-corrected chi connectivity index (χ1v) is 18.3. The van der Waals surface area contributed by atoms with Crippen molar-refractivity contribution in [1.82, 2.24) is 0 Å². The van der Waals surface area contributed by atoms with Crippen molar-refractivity contribution in [2.24, 2.45) is 0 Å². The third-order valence-corrected chi connectivity index (χ3v) is 7.89. The Kier molecular flexibility index (Phi) is 34.3. The first-order chi connectivity index (χ1) is 20.7. The van der Waals surface area contributed by atoms with Gasteiger partial charge in [0.1, 0.15) is 13.2 Å². The number of hydrogen-bond donors (Lipinski definition) is 0. The van der Waals surface area contributed by atoms with E-state index in [0.717, 1.165) is 38.5 Å². The van der Waals surface area contributed by atoms with Crippen molar-refractivity contribution in [3.8, 4) is 0 Å². The number of esters is 2. The molecule has 0 unspecified atom stereocenters. The molecule has 4 heteroatoms. The summed E-state index contributed by atoms with van der Waals surface area (Å²) in [5.41, 5.74) is 0. The molecule has 0 fully saturated rings. The van der Waals surface area contributed by atoms with Gasteiger partial charge in [-0.05, 0) is 64.2 Å². The van der Waals surface area contributed by atoms with E-state index in [0.29, 0.717) is 12.8 Å². The molecule has 0 aliphatic carbocycles. The quantitative estimate of drug-likeness (QED) is 0.0433. The van der Waals surface area contributed by atoms with Crippen molar-refractivity contribution in [2.45, 2.75) is 194 Å². The second kappa shape index (κ2) is 35.6. The second-order valence-electron chi connectivity index (χ2n) is 12.1. The summed E-state index contributed by atoms with van der Waals surface area (Å²) < 4.78 is 10.4. The van der Waals surface area contributed by atoms with Crippen LogP contribution in [0.1, 0.15) is 194 Å². The van der Waals surface area contributed by atoms with E-state index in [9.17, 15) is 9.59 Å². The molecule has 0 heterocycles. The van der Waals surface area contributed by atoms with Crippen LogP contribution in [0, 0.1) is 0 Å². The first kappa shape index (κ1) is 40.4. The highest BCUT2D eigenvalue weighted by Gasteiger charge is 2.05. The average molecular weight is 591 g/mol. The number of carbonyl (C=O) groups is 2. The van der Waals surface area contributed by atoms with E-state index in [1.54, 1.807) is 0 Å². The highest BCUT2D eigenvalue weighted by atomic mass is 16.6. The number of hydrogen-bond acceptors (Lipinski definition) is 4. The molecule has 0 spiro atoms. The minimum Gasteiger partial charge on any atom is -0.462 e. The first-order valence-electron chi connectivity index (χ1n) is 18.3. The fraction of sp³-hybridized carbons (Fsp3) is 0.842. The maximum atomic E-state index is 11.9. The zero-order valence-electron chi connectivity index (χ0n) is 28.2. The summed E-state index contributed by atoms with van der Waals surface area (Å²) in [5.74, 6) is -0.391. The molecule has 4 nitrogen and oxygen atoms in total. The molecule has 0 radical (unpaired) electrons. The molecular formula is C38H70O4. The molecule has 42 heavy (non-hydrogen) atoms. The van der Waals surface area contributed by atoms with Crippen LogP contribution in [0.5, 0.6) is 0 Å². The van der Waals surface area contributed by atoms with Crippen LogP contribution in [0.2, 0.25) is 0 Å². The zero-order valence-corrected chi connectivity index (χ0v) is 28.2. The summed E-state index contributed by atoms with van der Waals surface area (Å²) in [7, 11) is 0. The van der Waals surface area contributed by atoms with E-state index in [1.165, 1.54) is 128 Å². The predicted molar refractivity (Wildman–Crippen MR) is 181 cm³/mol. The van der Waals surface area contributed by atoms with Crippen LogP contribution in [0.15, 0.2) is 24.3 Å². The Labute approximate surface area is 261 Å². The minimum atomic E-state index is -0.195. The molecule has 246 valence electrons. The lowest BCUT2D eigenvalue weighted by Gasteiger charge is -2.06. The fourth-order valence-electron chi connectivity index (χ4n) is 5.14. The molecule has 0 atom stereocenters. The minimum absolute atomic E-state index is 0.158. The number of allylic oxidation sites excluding steroid dienone is 4. The molecule has 0 saturated heterocycles. The largest absolute Gasteiger partial charge is 0.462 e. The van der Waals surface area contributed by atoms with Gasteiger partial charge in [0.15, 0.2) is 0 Å². The van der Waals surface area contributed by atoms with Crippen molar-refractivity contribution >= 4 is 11.9 Å². The summed E-state index contributed by atoms with van der Waals surface area (Å²) in [5, 5.41) is 0. The number of rotatable bonds is 33. The monoisotopic (exact) mass is 591 g/mol. The van der Waals surface area contributed by atoms with Gasteiger partial charge in [-0.3, -0.25) is 9.59 Å². The van der Waals surface area contributed by atoms with Crippen LogP contribution in [-0.2, 0) is 19.1 Å². The summed E-state index contributed by atoms with van der Waals surface area (Å²) >= 11 is 0. The Balaban J connectivity index is 3.36. The van der Waals surface area contributed by atoms with Gasteiger partial charge < -0.3 is 9.47 Å². The molecule has 0 N–H and O–H groups in total. The van der Waals surface area contributed by atoms with Crippen molar-refractivity contribution in [3.63, 3.8) is 0 Å². The highest BCUT2D eigenvalue weighted by molar-refractivity contribution is 5.70. The van der Waals surface area contributed by atoms with E-state index in [4.69, 9.17) is 9.47 Å². The van der Waals surface area contributed by atoms with E-state index < -0.39 is 0 Å².